The Morgan fingerprint density at radius 2 is 1.70 bits per heavy atom. The van der Waals surface area contributed by atoms with Gasteiger partial charge in [-0.25, -0.2) is 8.42 Å². The summed E-state index contributed by atoms with van der Waals surface area (Å²) in [5.74, 6) is 0.130. The van der Waals surface area contributed by atoms with Crippen LogP contribution in [-0.4, -0.2) is 53.7 Å². The maximum atomic E-state index is 13.0. The summed E-state index contributed by atoms with van der Waals surface area (Å²) in [6.07, 6.45) is 0. The van der Waals surface area contributed by atoms with Crippen LogP contribution in [0.3, 0.4) is 0 Å². The van der Waals surface area contributed by atoms with E-state index in [-0.39, 0.29) is 21.9 Å². The van der Waals surface area contributed by atoms with Crippen molar-refractivity contribution in [3.05, 3.63) is 54.6 Å². The second kappa shape index (κ2) is 11.0. The first-order valence-corrected chi connectivity index (χ1v) is 13.1. The quantitative estimate of drug-likeness (QED) is 0.393. The number of rotatable bonds is 10. The minimum atomic E-state index is -3.61. The van der Waals surface area contributed by atoms with Gasteiger partial charge in [-0.1, -0.05) is 49.9 Å². The summed E-state index contributed by atoms with van der Waals surface area (Å²) in [4.78, 5) is 14.8. The zero-order valence-corrected chi connectivity index (χ0v) is 20.8. The van der Waals surface area contributed by atoms with E-state index in [4.69, 9.17) is 4.42 Å². The van der Waals surface area contributed by atoms with Gasteiger partial charge in [-0.05, 0) is 44.2 Å². The fourth-order valence-corrected chi connectivity index (χ4v) is 5.62. The van der Waals surface area contributed by atoms with Gasteiger partial charge in [-0.15, -0.1) is 10.2 Å². The summed E-state index contributed by atoms with van der Waals surface area (Å²) < 4.78 is 32.8. The fourth-order valence-electron chi connectivity index (χ4n) is 3.37. The summed E-state index contributed by atoms with van der Waals surface area (Å²) in [5.41, 5.74) is 1.33. The molecule has 1 aromatic heterocycles. The highest BCUT2D eigenvalue weighted by Gasteiger charge is 2.25. The van der Waals surface area contributed by atoms with Crippen molar-refractivity contribution in [2.24, 2.45) is 0 Å². The molecule has 1 amide bonds. The Labute approximate surface area is 199 Å². The first-order chi connectivity index (χ1) is 15.8. The number of amides is 1. The number of sulfonamides is 1. The molecule has 1 unspecified atom stereocenters. The van der Waals surface area contributed by atoms with Gasteiger partial charge in [0.2, 0.25) is 21.8 Å². The van der Waals surface area contributed by atoms with E-state index in [1.54, 1.807) is 43.9 Å². The van der Waals surface area contributed by atoms with Crippen LogP contribution in [0.25, 0.3) is 11.5 Å². The molecule has 176 valence electrons. The van der Waals surface area contributed by atoms with E-state index >= 15 is 0 Å². The molecule has 0 bridgehead atoms. The van der Waals surface area contributed by atoms with E-state index in [9.17, 15) is 13.2 Å². The topological polar surface area (TPSA) is 96.6 Å². The Bertz CT molecular complexity index is 1180. The van der Waals surface area contributed by atoms with Crippen molar-refractivity contribution in [1.29, 1.82) is 0 Å². The Kier molecular flexibility index (Phi) is 8.28. The van der Waals surface area contributed by atoms with E-state index < -0.39 is 15.3 Å². The second-order valence-corrected chi connectivity index (χ2v) is 10.4. The van der Waals surface area contributed by atoms with E-state index in [0.717, 1.165) is 5.69 Å². The minimum absolute atomic E-state index is 0.0687. The predicted molar refractivity (Wildman–Crippen MR) is 130 cm³/mol. The zero-order chi connectivity index (χ0) is 24.0. The summed E-state index contributed by atoms with van der Waals surface area (Å²) in [5, 5.41) is 7.90. The first-order valence-electron chi connectivity index (χ1n) is 10.8. The third kappa shape index (κ3) is 5.63. The second-order valence-electron chi connectivity index (χ2n) is 7.17. The summed E-state index contributed by atoms with van der Waals surface area (Å²) >= 11 is 1.17. The van der Waals surface area contributed by atoms with Gasteiger partial charge in [0.25, 0.3) is 5.22 Å². The Morgan fingerprint density at radius 3 is 2.33 bits per heavy atom. The van der Waals surface area contributed by atoms with E-state index in [1.807, 2.05) is 37.3 Å². The van der Waals surface area contributed by atoms with Crippen LogP contribution in [0.5, 0.6) is 0 Å². The molecule has 1 atom stereocenters. The number of hydrogen-bond donors (Lipinski definition) is 0. The third-order valence-corrected chi connectivity index (χ3v) is 8.07. The average molecular weight is 489 g/mol. The van der Waals surface area contributed by atoms with Crippen LogP contribution in [0.4, 0.5) is 5.69 Å². The molecule has 3 aromatic rings. The molecular formula is C23H28N4O4S2. The Hall–Kier alpha value is -2.69. The number of carbonyl (C=O) groups is 1. The molecule has 0 fully saturated rings. The fraction of sp³-hybridized carbons (Fsp3) is 0.348. The molecule has 0 aliphatic heterocycles. The molecule has 33 heavy (non-hydrogen) atoms. The summed E-state index contributed by atoms with van der Waals surface area (Å²) in [6.45, 7) is 8.61. The standard InChI is InChI=1S/C23H28N4O4S2/c1-5-26(6-2)33(29,30)20-15-11-12-18(16-20)21-24-25-23(31-21)32-17(4)22(28)27(7-3)19-13-9-8-10-14-19/h8-17H,5-7H2,1-4H3. The van der Waals surface area contributed by atoms with Crippen molar-refractivity contribution in [3.8, 4) is 11.5 Å². The number of carbonyl (C=O) groups excluding carboxylic acids is 1. The van der Waals surface area contributed by atoms with E-state index in [1.165, 1.54) is 22.1 Å². The molecule has 2 aromatic carbocycles. The van der Waals surface area contributed by atoms with Crippen LogP contribution in [0, 0.1) is 0 Å². The van der Waals surface area contributed by atoms with Crippen LogP contribution in [0.1, 0.15) is 27.7 Å². The van der Waals surface area contributed by atoms with Gasteiger partial charge in [-0.3, -0.25) is 4.79 Å². The van der Waals surface area contributed by atoms with Gasteiger partial charge in [0, 0.05) is 30.9 Å². The van der Waals surface area contributed by atoms with Crippen LogP contribution in [0.2, 0.25) is 0 Å². The third-order valence-electron chi connectivity index (χ3n) is 5.11. The molecule has 0 spiro atoms. The Balaban J connectivity index is 1.77. The molecule has 10 heteroatoms. The number of anilines is 1. The van der Waals surface area contributed by atoms with Crippen LogP contribution in [0.15, 0.2) is 69.1 Å². The molecule has 0 aliphatic rings. The maximum absolute atomic E-state index is 13.0. The number of para-hydroxylation sites is 1. The van der Waals surface area contributed by atoms with Crippen molar-refractivity contribution in [1.82, 2.24) is 14.5 Å². The van der Waals surface area contributed by atoms with Crippen molar-refractivity contribution >= 4 is 33.4 Å². The molecule has 3 rings (SSSR count). The minimum Gasteiger partial charge on any atom is -0.411 e. The SMILES string of the molecule is CCN(C(=O)C(C)Sc1nnc(-c2cccc(S(=O)(=O)N(CC)CC)c2)o1)c1ccccc1. The van der Waals surface area contributed by atoms with Crippen LogP contribution in [-0.2, 0) is 14.8 Å². The Morgan fingerprint density at radius 1 is 1.00 bits per heavy atom. The lowest BCUT2D eigenvalue weighted by Crippen LogP contribution is -2.36. The maximum Gasteiger partial charge on any atom is 0.277 e. The van der Waals surface area contributed by atoms with Crippen molar-refractivity contribution < 1.29 is 17.6 Å². The zero-order valence-electron chi connectivity index (χ0n) is 19.1. The summed E-state index contributed by atoms with van der Waals surface area (Å²) in [7, 11) is -3.61. The van der Waals surface area contributed by atoms with Gasteiger partial charge in [0.15, 0.2) is 0 Å². The van der Waals surface area contributed by atoms with Gasteiger partial charge < -0.3 is 9.32 Å². The van der Waals surface area contributed by atoms with Gasteiger partial charge in [0.05, 0.1) is 10.1 Å². The molecule has 0 saturated carbocycles. The van der Waals surface area contributed by atoms with Crippen molar-refractivity contribution in [2.75, 3.05) is 24.5 Å². The molecular weight excluding hydrogens is 460 g/mol. The molecule has 0 N–H and O–H groups in total. The number of aromatic nitrogens is 2. The highest BCUT2D eigenvalue weighted by Crippen LogP contribution is 2.29. The monoisotopic (exact) mass is 488 g/mol. The highest BCUT2D eigenvalue weighted by molar-refractivity contribution is 8.00. The molecule has 0 saturated heterocycles. The average Bonchev–Trinajstić information content (AvgIpc) is 3.29. The van der Waals surface area contributed by atoms with E-state index in [2.05, 4.69) is 10.2 Å². The smallest absolute Gasteiger partial charge is 0.277 e. The highest BCUT2D eigenvalue weighted by atomic mass is 32.2. The normalized spacial score (nSPS) is 12.6. The van der Waals surface area contributed by atoms with Gasteiger partial charge in [0.1, 0.15) is 0 Å². The molecule has 1 heterocycles. The molecule has 0 aliphatic carbocycles. The predicted octanol–water partition coefficient (Wildman–Crippen LogP) is 4.30. The van der Waals surface area contributed by atoms with Gasteiger partial charge in [-0.2, -0.15) is 4.31 Å². The largest absolute Gasteiger partial charge is 0.411 e. The van der Waals surface area contributed by atoms with Crippen LogP contribution < -0.4 is 4.90 Å². The lowest BCUT2D eigenvalue weighted by Gasteiger charge is -2.23. The summed E-state index contributed by atoms with van der Waals surface area (Å²) in [6, 6.07) is 15.9. The van der Waals surface area contributed by atoms with Crippen LogP contribution >= 0.6 is 11.8 Å². The van der Waals surface area contributed by atoms with Crippen molar-refractivity contribution in [2.45, 2.75) is 43.1 Å². The number of nitrogens with zero attached hydrogens (tertiary/aromatic N) is 4. The van der Waals surface area contributed by atoms with Crippen molar-refractivity contribution in [3.63, 3.8) is 0 Å². The molecule has 8 nitrogen and oxygen atoms in total. The first kappa shape index (κ1) is 24.9. The number of benzene rings is 2. The number of thioether (sulfide) groups is 1. The van der Waals surface area contributed by atoms with Gasteiger partial charge >= 0.3 is 0 Å². The molecule has 0 radical (unpaired) electrons. The lowest BCUT2D eigenvalue weighted by atomic mass is 10.2. The lowest BCUT2D eigenvalue weighted by molar-refractivity contribution is -0.117. The number of hydrogen-bond acceptors (Lipinski definition) is 7. The van der Waals surface area contributed by atoms with E-state index in [0.29, 0.717) is 25.2 Å².